The van der Waals surface area contributed by atoms with Crippen LogP contribution < -0.4 is 24.8 Å². The number of methoxy groups -OCH3 is 3. The van der Waals surface area contributed by atoms with E-state index in [1.54, 1.807) is 24.8 Å². The zero-order chi connectivity index (χ0) is 24.5. The molecule has 2 unspecified atom stereocenters. The van der Waals surface area contributed by atoms with Crippen LogP contribution in [0.15, 0.2) is 30.3 Å². The molecule has 4 aromatic rings. The molecule has 10 heteroatoms. The average molecular weight is 481 g/mol. The summed E-state index contributed by atoms with van der Waals surface area (Å²) >= 11 is 0. The Balaban J connectivity index is 1.57. The van der Waals surface area contributed by atoms with Crippen LogP contribution in [0.5, 0.6) is 17.2 Å². The highest BCUT2D eigenvalue weighted by molar-refractivity contribution is 5.93. The fourth-order valence-electron chi connectivity index (χ4n) is 4.46. The third-order valence-electron chi connectivity index (χ3n) is 6.52. The van der Waals surface area contributed by atoms with Gasteiger partial charge in [-0.1, -0.05) is 0 Å². The molecule has 35 heavy (non-hydrogen) atoms. The number of hydrogen-bond acceptors (Lipinski definition) is 8. The summed E-state index contributed by atoms with van der Waals surface area (Å²) in [4.78, 5) is 9.59. The fourth-order valence-corrected chi connectivity index (χ4v) is 4.46. The van der Waals surface area contributed by atoms with Gasteiger partial charge in [0.2, 0.25) is 5.95 Å². The molecule has 1 saturated heterocycles. The van der Waals surface area contributed by atoms with E-state index in [4.69, 9.17) is 29.3 Å². The Morgan fingerprint density at radius 1 is 1.06 bits per heavy atom. The molecule has 0 amide bonds. The van der Waals surface area contributed by atoms with E-state index >= 15 is 0 Å². The van der Waals surface area contributed by atoms with Gasteiger partial charge in [-0.2, -0.15) is 4.52 Å². The topological polar surface area (TPSA) is 94.8 Å². The first-order chi connectivity index (χ1) is 17.0. The number of piperidine rings is 1. The van der Waals surface area contributed by atoms with Gasteiger partial charge in [0.15, 0.2) is 23.0 Å². The largest absolute Gasteiger partial charge is 0.497 e. The van der Waals surface area contributed by atoms with Crippen molar-refractivity contribution in [2.75, 3.05) is 33.2 Å². The van der Waals surface area contributed by atoms with Crippen molar-refractivity contribution >= 4 is 22.5 Å². The second kappa shape index (κ2) is 9.53. The lowest BCUT2D eigenvalue weighted by molar-refractivity contribution is 0.376. The molecule has 1 fully saturated rings. The quantitative estimate of drug-likeness (QED) is 0.411. The fraction of sp³-hybridized carbons (Fsp3) is 0.400. The molecule has 2 atom stereocenters. The predicted molar refractivity (Wildman–Crippen MR) is 131 cm³/mol. The summed E-state index contributed by atoms with van der Waals surface area (Å²) in [5.41, 5.74) is 2.04. The number of halogens is 1. The number of aromatic nitrogens is 4. The molecule has 0 aliphatic carbocycles. The van der Waals surface area contributed by atoms with Crippen LogP contribution in [0.1, 0.15) is 37.1 Å². The van der Waals surface area contributed by atoms with E-state index < -0.39 is 5.82 Å². The summed E-state index contributed by atoms with van der Waals surface area (Å²) in [5.74, 6) is 2.46. The zero-order valence-electron chi connectivity index (χ0n) is 20.3. The molecular weight excluding hydrogens is 451 g/mol. The lowest BCUT2D eigenvalue weighted by Crippen LogP contribution is -2.36. The second-order valence-corrected chi connectivity index (χ2v) is 8.76. The highest BCUT2D eigenvalue weighted by Gasteiger charge is 2.25. The van der Waals surface area contributed by atoms with Crippen LogP contribution in [0.25, 0.3) is 16.6 Å². The first-order valence-corrected chi connectivity index (χ1v) is 11.6. The summed E-state index contributed by atoms with van der Waals surface area (Å²) in [6.07, 6.45) is 2.04. The molecule has 0 saturated carbocycles. The Morgan fingerprint density at radius 2 is 1.89 bits per heavy atom. The van der Waals surface area contributed by atoms with Crippen LogP contribution in [0.2, 0.25) is 0 Å². The number of ether oxygens (including phenoxy) is 3. The molecule has 0 bridgehead atoms. The molecule has 0 spiro atoms. The van der Waals surface area contributed by atoms with Crippen LogP contribution in [0.3, 0.4) is 0 Å². The van der Waals surface area contributed by atoms with E-state index in [0.29, 0.717) is 46.6 Å². The van der Waals surface area contributed by atoms with Gasteiger partial charge in [-0.3, -0.25) is 0 Å². The highest BCUT2D eigenvalue weighted by Crippen LogP contribution is 2.31. The first-order valence-electron chi connectivity index (χ1n) is 11.6. The standard InChI is InChI=1S/C25H29FN6O3/c1-14-5-6-16(13-27-14)23-30-24-18-10-19(26)22(35-4)11-20(18)29-25(32(24)31-23)28-12-15-7-8-17(33-2)9-21(15)34-3/h7-11,14,16,27H,5-6,12-13H2,1-4H3,(H,28,29). The smallest absolute Gasteiger partial charge is 0.226 e. The summed E-state index contributed by atoms with van der Waals surface area (Å²) in [6.45, 7) is 3.41. The number of hydrogen-bond donors (Lipinski definition) is 2. The predicted octanol–water partition coefficient (Wildman–Crippen LogP) is 3.91. The van der Waals surface area contributed by atoms with Crippen molar-refractivity contribution in [2.45, 2.75) is 38.3 Å². The molecular formula is C25H29FN6O3. The van der Waals surface area contributed by atoms with Crippen LogP contribution in [-0.2, 0) is 6.54 Å². The zero-order valence-corrected chi connectivity index (χ0v) is 20.3. The lowest BCUT2D eigenvalue weighted by Gasteiger charge is -2.25. The van der Waals surface area contributed by atoms with Gasteiger partial charge < -0.3 is 24.8 Å². The monoisotopic (exact) mass is 480 g/mol. The van der Waals surface area contributed by atoms with Gasteiger partial charge in [-0.25, -0.2) is 14.4 Å². The van der Waals surface area contributed by atoms with Gasteiger partial charge in [0.1, 0.15) is 11.5 Å². The summed E-state index contributed by atoms with van der Waals surface area (Å²) in [6, 6.07) is 9.11. The van der Waals surface area contributed by atoms with Gasteiger partial charge in [-0.15, -0.1) is 5.10 Å². The molecule has 3 heterocycles. The Kier molecular flexibility index (Phi) is 6.29. The van der Waals surface area contributed by atoms with Crippen molar-refractivity contribution < 1.29 is 18.6 Å². The number of anilines is 1. The van der Waals surface area contributed by atoms with Gasteiger partial charge in [0.25, 0.3) is 0 Å². The first kappa shape index (κ1) is 23.1. The van der Waals surface area contributed by atoms with Crippen LogP contribution in [-0.4, -0.2) is 53.5 Å². The Labute approximate surface area is 202 Å². The van der Waals surface area contributed by atoms with E-state index in [9.17, 15) is 4.39 Å². The number of nitrogens with zero attached hydrogens (tertiary/aromatic N) is 4. The van der Waals surface area contributed by atoms with Crippen molar-refractivity contribution in [2.24, 2.45) is 0 Å². The average Bonchev–Trinajstić information content (AvgIpc) is 3.33. The van der Waals surface area contributed by atoms with E-state index in [0.717, 1.165) is 30.8 Å². The normalized spacial score (nSPS) is 18.1. The summed E-state index contributed by atoms with van der Waals surface area (Å²) in [7, 11) is 4.67. The van der Waals surface area contributed by atoms with E-state index in [2.05, 4.69) is 17.6 Å². The number of benzene rings is 2. The van der Waals surface area contributed by atoms with Gasteiger partial charge in [-0.05, 0) is 38.0 Å². The molecule has 2 aromatic heterocycles. The van der Waals surface area contributed by atoms with E-state index in [-0.39, 0.29) is 11.7 Å². The maximum absolute atomic E-state index is 14.6. The number of fused-ring (bicyclic) bond motifs is 3. The molecule has 2 aromatic carbocycles. The molecule has 184 valence electrons. The van der Waals surface area contributed by atoms with Crippen molar-refractivity contribution in [3.63, 3.8) is 0 Å². The second-order valence-electron chi connectivity index (χ2n) is 8.76. The van der Waals surface area contributed by atoms with Crippen molar-refractivity contribution in [1.82, 2.24) is 24.9 Å². The Bertz CT molecular complexity index is 1370. The number of nitrogens with one attached hydrogen (secondary N) is 2. The minimum atomic E-state index is -0.468. The number of rotatable bonds is 7. The van der Waals surface area contributed by atoms with Gasteiger partial charge >= 0.3 is 0 Å². The van der Waals surface area contributed by atoms with E-state index in [1.165, 1.54) is 13.2 Å². The summed E-state index contributed by atoms with van der Waals surface area (Å²) in [5, 5.41) is 12.2. The SMILES string of the molecule is COc1ccc(CNc2nc3cc(OC)c(F)cc3c3nc(C4CCC(C)NC4)nn23)c(OC)c1. The van der Waals surface area contributed by atoms with Crippen molar-refractivity contribution in [3.05, 3.63) is 47.5 Å². The minimum Gasteiger partial charge on any atom is -0.497 e. The van der Waals surface area contributed by atoms with Gasteiger partial charge in [0.05, 0.1) is 26.8 Å². The minimum absolute atomic E-state index is 0.127. The lowest BCUT2D eigenvalue weighted by atomic mass is 9.95. The van der Waals surface area contributed by atoms with E-state index in [1.807, 2.05) is 18.2 Å². The maximum Gasteiger partial charge on any atom is 0.226 e. The van der Waals surface area contributed by atoms with Gasteiger partial charge in [0, 0.05) is 48.1 Å². The molecule has 0 radical (unpaired) electrons. The van der Waals surface area contributed by atoms with Crippen molar-refractivity contribution in [3.8, 4) is 17.2 Å². The van der Waals surface area contributed by atoms with Crippen LogP contribution in [0.4, 0.5) is 10.3 Å². The molecule has 9 nitrogen and oxygen atoms in total. The third-order valence-corrected chi connectivity index (χ3v) is 6.52. The molecule has 5 rings (SSSR count). The third kappa shape index (κ3) is 4.41. The Morgan fingerprint density at radius 3 is 2.60 bits per heavy atom. The van der Waals surface area contributed by atoms with Crippen molar-refractivity contribution in [1.29, 1.82) is 0 Å². The maximum atomic E-state index is 14.6. The molecule has 2 N–H and O–H groups in total. The summed E-state index contributed by atoms with van der Waals surface area (Å²) < 4.78 is 32.3. The highest BCUT2D eigenvalue weighted by atomic mass is 19.1. The molecule has 1 aliphatic rings. The van der Waals surface area contributed by atoms with Crippen LogP contribution in [0, 0.1) is 5.82 Å². The van der Waals surface area contributed by atoms with Crippen LogP contribution >= 0.6 is 0 Å². The Hall–Kier alpha value is -3.66. The molecule has 1 aliphatic heterocycles.